The van der Waals surface area contributed by atoms with Gasteiger partial charge in [0.25, 0.3) is 0 Å². The van der Waals surface area contributed by atoms with E-state index in [4.69, 9.17) is 4.74 Å². The van der Waals surface area contributed by atoms with Gasteiger partial charge in [0, 0.05) is 5.69 Å². The van der Waals surface area contributed by atoms with E-state index in [0.29, 0.717) is 5.56 Å². The van der Waals surface area contributed by atoms with E-state index in [0.717, 1.165) is 29.8 Å². The average molecular weight is 322 g/mol. The summed E-state index contributed by atoms with van der Waals surface area (Å²) >= 11 is 0. The molecular formula is C19H18N2O3. The van der Waals surface area contributed by atoms with Crippen LogP contribution in [0.4, 0.5) is 5.69 Å². The lowest BCUT2D eigenvalue weighted by Gasteiger charge is -2.29. The van der Waals surface area contributed by atoms with Gasteiger partial charge in [0.2, 0.25) is 5.91 Å². The highest BCUT2D eigenvalue weighted by Crippen LogP contribution is 2.50. The molecule has 2 aromatic rings. The Labute approximate surface area is 140 Å². The number of fused-ring (bicyclic) bond motifs is 2. The number of ether oxygens (including phenoxy) is 1. The third kappa shape index (κ3) is 1.98. The first-order valence-corrected chi connectivity index (χ1v) is 7.99. The molecule has 24 heavy (non-hydrogen) atoms. The second kappa shape index (κ2) is 5.46. The van der Waals surface area contributed by atoms with E-state index in [-0.39, 0.29) is 17.9 Å². The second-order valence-electron chi connectivity index (χ2n) is 6.22. The van der Waals surface area contributed by atoms with E-state index in [9.17, 15) is 9.59 Å². The molecule has 0 radical (unpaired) electrons. The molecule has 2 atom stereocenters. The van der Waals surface area contributed by atoms with E-state index in [1.807, 2.05) is 36.4 Å². The molecule has 0 saturated carbocycles. The van der Waals surface area contributed by atoms with Gasteiger partial charge in [0.15, 0.2) is 0 Å². The summed E-state index contributed by atoms with van der Waals surface area (Å²) in [7, 11) is 1.36. The molecule has 4 rings (SSSR count). The molecule has 0 aromatic heterocycles. The minimum Gasteiger partial charge on any atom is -0.465 e. The second-order valence-corrected chi connectivity index (χ2v) is 6.22. The van der Waals surface area contributed by atoms with Gasteiger partial charge < -0.3 is 15.4 Å². The Morgan fingerprint density at radius 1 is 1.17 bits per heavy atom. The van der Waals surface area contributed by atoms with Crippen LogP contribution in [0.2, 0.25) is 0 Å². The van der Waals surface area contributed by atoms with Gasteiger partial charge in [0.05, 0.1) is 24.1 Å². The Balaban J connectivity index is 1.76. The maximum atomic E-state index is 12.8. The highest BCUT2D eigenvalue weighted by atomic mass is 16.5. The zero-order valence-corrected chi connectivity index (χ0v) is 13.3. The predicted octanol–water partition coefficient (Wildman–Crippen LogP) is 2.40. The number of esters is 1. The summed E-state index contributed by atoms with van der Waals surface area (Å²) < 4.78 is 4.74. The van der Waals surface area contributed by atoms with Crippen molar-refractivity contribution in [3.8, 4) is 0 Å². The summed E-state index contributed by atoms with van der Waals surface area (Å²) in [5, 5.41) is 6.48. The molecule has 2 aromatic carbocycles. The number of carbonyl (C=O) groups is 2. The van der Waals surface area contributed by atoms with Gasteiger partial charge in [-0.3, -0.25) is 4.79 Å². The van der Waals surface area contributed by atoms with Crippen molar-refractivity contribution in [1.29, 1.82) is 0 Å². The summed E-state index contributed by atoms with van der Waals surface area (Å²) in [6.45, 7) is 0.769. The highest BCUT2D eigenvalue weighted by molar-refractivity contribution is 6.07. The lowest BCUT2D eigenvalue weighted by atomic mass is 9.73. The Hall–Kier alpha value is -2.66. The molecule has 2 aliphatic heterocycles. The number of anilines is 1. The third-order valence-corrected chi connectivity index (χ3v) is 5.09. The molecule has 1 saturated heterocycles. The average Bonchev–Trinajstić information content (AvgIpc) is 3.18. The maximum absolute atomic E-state index is 12.8. The fourth-order valence-electron chi connectivity index (χ4n) is 3.94. The normalized spacial score (nSPS) is 24.7. The van der Waals surface area contributed by atoms with Crippen LogP contribution in [0.1, 0.15) is 33.9 Å². The molecule has 122 valence electrons. The van der Waals surface area contributed by atoms with Crippen LogP contribution in [0.15, 0.2) is 48.5 Å². The van der Waals surface area contributed by atoms with Gasteiger partial charge in [-0.15, -0.1) is 0 Å². The zero-order chi connectivity index (χ0) is 16.7. The molecule has 5 heteroatoms. The van der Waals surface area contributed by atoms with Gasteiger partial charge in [0.1, 0.15) is 0 Å². The van der Waals surface area contributed by atoms with E-state index >= 15 is 0 Å². The smallest absolute Gasteiger partial charge is 0.337 e. The zero-order valence-electron chi connectivity index (χ0n) is 13.3. The standard InChI is InChI=1S/C19H18N2O3/c1-24-17(22)13-8-6-12(7-9-13)16-19(10-11-20-16)14-4-2-3-5-15(14)21-18(19)23/h2-9,16,20H,10-11H2,1H3,(H,21,23). The van der Waals surface area contributed by atoms with Gasteiger partial charge in [-0.25, -0.2) is 4.79 Å². The molecule has 2 aliphatic rings. The van der Waals surface area contributed by atoms with E-state index in [1.54, 1.807) is 12.1 Å². The first kappa shape index (κ1) is 14.9. The molecule has 0 bridgehead atoms. The van der Waals surface area contributed by atoms with Crippen LogP contribution in [0.3, 0.4) is 0 Å². The lowest BCUT2D eigenvalue weighted by Crippen LogP contribution is -2.39. The van der Waals surface area contributed by atoms with E-state index in [1.165, 1.54) is 7.11 Å². The Morgan fingerprint density at radius 2 is 1.92 bits per heavy atom. The number of hydrogen-bond donors (Lipinski definition) is 2. The fourth-order valence-corrected chi connectivity index (χ4v) is 3.94. The Morgan fingerprint density at radius 3 is 2.67 bits per heavy atom. The monoisotopic (exact) mass is 322 g/mol. The van der Waals surface area contributed by atoms with E-state index in [2.05, 4.69) is 10.6 Å². The van der Waals surface area contributed by atoms with Crippen molar-refractivity contribution in [1.82, 2.24) is 5.32 Å². The van der Waals surface area contributed by atoms with E-state index < -0.39 is 5.41 Å². The van der Waals surface area contributed by atoms with Crippen LogP contribution in [0.5, 0.6) is 0 Å². The maximum Gasteiger partial charge on any atom is 0.337 e. The number of hydrogen-bond acceptors (Lipinski definition) is 4. The van der Waals surface area contributed by atoms with Gasteiger partial charge in [-0.2, -0.15) is 0 Å². The fraction of sp³-hybridized carbons (Fsp3) is 0.263. The molecule has 5 nitrogen and oxygen atoms in total. The number of para-hydroxylation sites is 1. The molecule has 2 heterocycles. The van der Waals surface area contributed by atoms with Crippen LogP contribution in [-0.4, -0.2) is 25.5 Å². The summed E-state index contributed by atoms with van der Waals surface area (Å²) in [6, 6.07) is 15.0. The first-order chi connectivity index (χ1) is 11.7. The number of benzene rings is 2. The van der Waals surface area contributed by atoms with Crippen molar-refractivity contribution < 1.29 is 14.3 Å². The summed E-state index contributed by atoms with van der Waals surface area (Å²) in [5.74, 6) is -0.324. The number of amides is 1. The van der Waals surface area contributed by atoms with Crippen molar-refractivity contribution in [2.24, 2.45) is 0 Å². The summed E-state index contributed by atoms with van der Waals surface area (Å²) in [5.41, 5.74) is 2.84. The molecule has 2 unspecified atom stereocenters. The molecule has 1 spiro atoms. The van der Waals surface area contributed by atoms with Gasteiger partial charge >= 0.3 is 5.97 Å². The minimum absolute atomic E-state index is 0.0377. The predicted molar refractivity (Wildman–Crippen MR) is 89.9 cm³/mol. The molecule has 1 amide bonds. The molecular weight excluding hydrogens is 304 g/mol. The molecule has 0 aliphatic carbocycles. The van der Waals surface area contributed by atoms with Crippen molar-refractivity contribution >= 4 is 17.6 Å². The van der Waals surface area contributed by atoms with Crippen molar-refractivity contribution in [3.05, 3.63) is 65.2 Å². The van der Waals surface area contributed by atoms with Crippen LogP contribution in [-0.2, 0) is 14.9 Å². The van der Waals surface area contributed by atoms with Crippen LogP contribution < -0.4 is 10.6 Å². The lowest BCUT2D eigenvalue weighted by molar-refractivity contribution is -0.121. The summed E-state index contributed by atoms with van der Waals surface area (Å²) in [4.78, 5) is 24.4. The molecule has 1 fully saturated rings. The van der Waals surface area contributed by atoms with Crippen LogP contribution in [0, 0.1) is 0 Å². The summed E-state index contributed by atoms with van der Waals surface area (Å²) in [6.07, 6.45) is 0.749. The third-order valence-electron chi connectivity index (χ3n) is 5.09. The Kier molecular flexibility index (Phi) is 3.39. The number of methoxy groups -OCH3 is 1. The highest BCUT2D eigenvalue weighted by Gasteiger charge is 2.55. The van der Waals surface area contributed by atoms with Crippen LogP contribution in [0.25, 0.3) is 0 Å². The Bertz CT molecular complexity index is 816. The topological polar surface area (TPSA) is 67.4 Å². The number of carbonyl (C=O) groups excluding carboxylic acids is 2. The minimum atomic E-state index is -0.594. The van der Waals surface area contributed by atoms with Crippen molar-refractivity contribution in [2.75, 3.05) is 19.0 Å². The van der Waals surface area contributed by atoms with Crippen molar-refractivity contribution in [3.63, 3.8) is 0 Å². The van der Waals surface area contributed by atoms with Crippen LogP contribution >= 0.6 is 0 Å². The number of nitrogens with one attached hydrogen (secondary N) is 2. The number of rotatable bonds is 2. The van der Waals surface area contributed by atoms with Gasteiger partial charge in [-0.05, 0) is 42.3 Å². The largest absolute Gasteiger partial charge is 0.465 e. The first-order valence-electron chi connectivity index (χ1n) is 7.99. The van der Waals surface area contributed by atoms with Crippen molar-refractivity contribution in [2.45, 2.75) is 17.9 Å². The molecule has 2 N–H and O–H groups in total. The quantitative estimate of drug-likeness (QED) is 0.833. The SMILES string of the molecule is COC(=O)c1ccc(C2NCCC23C(=O)Nc2ccccc23)cc1. The van der Waals surface area contributed by atoms with Gasteiger partial charge in [-0.1, -0.05) is 30.3 Å².